The molecule has 21 heavy (non-hydrogen) atoms. The Hall–Kier alpha value is -1.86. The molecule has 0 saturated heterocycles. The standard InChI is InChI=1S/C17H24N2O2/c1-16(2,3)12-17(4,5)19-15(21)14-9-8-13(11-18-14)7-6-10-20/h8-9,11,20H,10,12H2,1-5H3,(H,19,21). The van der Waals surface area contributed by atoms with Gasteiger partial charge in [0.2, 0.25) is 0 Å². The van der Waals surface area contributed by atoms with E-state index < -0.39 is 0 Å². The molecule has 0 radical (unpaired) electrons. The van der Waals surface area contributed by atoms with Crippen molar-refractivity contribution in [3.8, 4) is 11.8 Å². The average molecular weight is 288 g/mol. The van der Waals surface area contributed by atoms with Gasteiger partial charge in [-0.1, -0.05) is 32.6 Å². The molecule has 0 aliphatic heterocycles. The topological polar surface area (TPSA) is 62.2 Å². The van der Waals surface area contributed by atoms with Crippen LogP contribution in [0.3, 0.4) is 0 Å². The van der Waals surface area contributed by atoms with Gasteiger partial charge in [-0.05, 0) is 37.8 Å². The summed E-state index contributed by atoms with van der Waals surface area (Å²) in [4.78, 5) is 16.3. The Kier molecular flexibility index (Phi) is 5.51. The first kappa shape index (κ1) is 17.2. The van der Waals surface area contributed by atoms with Crippen molar-refractivity contribution < 1.29 is 9.90 Å². The predicted molar refractivity (Wildman–Crippen MR) is 83.8 cm³/mol. The Morgan fingerprint density at radius 2 is 1.95 bits per heavy atom. The van der Waals surface area contributed by atoms with Crippen LogP contribution in [0.5, 0.6) is 0 Å². The fraction of sp³-hybridized carbons (Fsp3) is 0.529. The third-order valence-corrected chi connectivity index (χ3v) is 2.73. The maximum atomic E-state index is 12.2. The summed E-state index contributed by atoms with van der Waals surface area (Å²) in [5.74, 6) is 5.10. The summed E-state index contributed by atoms with van der Waals surface area (Å²) in [6.07, 6.45) is 2.40. The number of hydrogen-bond acceptors (Lipinski definition) is 3. The van der Waals surface area contributed by atoms with Crippen LogP contribution in [0, 0.1) is 17.3 Å². The quantitative estimate of drug-likeness (QED) is 0.839. The van der Waals surface area contributed by atoms with Gasteiger partial charge in [-0.15, -0.1) is 0 Å². The Morgan fingerprint density at radius 3 is 2.43 bits per heavy atom. The van der Waals surface area contributed by atoms with Crippen LogP contribution >= 0.6 is 0 Å². The second-order valence-electron chi connectivity index (χ2n) is 6.97. The highest BCUT2D eigenvalue weighted by atomic mass is 16.2. The number of carbonyl (C=O) groups excluding carboxylic acids is 1. The molecule has 0 unspecified atom stereocenters. The lowest BCUT2D eigenvalue weighted by atomic mass is 9.82. The SMILES string of the molecule is CC(C)(C)CC(C)(C)NC(=O)c1ccc(C#CCO)cn1. The molecule has 0 spiro atoms. The minimum Gasteiger partial charge on any atom is -0.384 e. The number of amides is 1. The largest absolute Gasteiger partial charge is 0.384 e. The lowest BCUT2D eigenvalue weighted by Gasteiger charge is -2.33. The summed E-state index contributed by atoms with van der Waals surface area (Å²) in [6.45, 7) is 10.3. The van der Waals surface area contributed by atoms with E-state index >= 15 is 0 Å². The fourth-order valence-corrected chi connectivity index (χ4v) is 2.49. The van der Waals surface area contributed by atoms with Crippen molar-refractivity contribution in [1.82, 2.24) is 10.3 Å². The van der Waals surface area contributed by atoms with E-state index in [4.69, 9.17) is 5.11 Å². The van der Waals surface area contributed by atoms with Crippen molar-refractivity contribution in [2.75, 3.05) is 6.61 Å². The Labute approximate surface area is 127 Å². The Morgan fingerprint density at radius 1 is 1.29 bits per heavy atom. The van der Waals surface area contributed by atoms with E-state index in [0.29, 0.717) is 11.3 Å². The highest BCUT2D eigenvalue weighted by Crippen LogP contribution is 2.26. The first-order valence-corrected chi connectivity index (χ1v) is 7.01. The van der Waals surface area contributed by atoms with E-state index in [2.05, 4.69) is 42.9 Å². The predicted octanol–water partition coefficient (Wildman–Crippen LogP) is 2.37. The van der Waals surface area contributed by atoms with Crippen molar-refractivity contribution >= 4 is 5.91 Å². The van der Waals surface area contributed by atoms with Crippen molar-refractivity contribution in [1.29, 1.82) is 0 Å². The first-order valence-electron chi connectivity index (χ1n) is 7.01. The van der Waals surface area contributed by atoms with Crippen molar-refractivity contribution in [3.05, 3.63) is 29.6 Å². The third kappa shape index (κ3) is 6.42. The van der Waals surface area contributed by atoms with Gasteiger partial charge in [-0.3, -0.25) is 4.79 Å². The molecular weight excluding hydrogens is 264 g/mol. The third-order valence-electron chi connectivity index (χ3n) is 2.73. The zero-order valence-electron chi connectivity index (χ0n) is 13.4. The molecular formula is C17H24N2O2. The van der Waals surface area contributed by atoms with Crippen molar-refractivity contribution in [2.45, 2.75) is 46.6 Å². The molecule has 1 rings (SSSR count). The van der Waals surface area contributed by atoms with Gasteiger partial charge in [0.05, 0.1) is 0 Å². The number of pyridine rings is 1. The highest BCUT2D eigenvalue weighted by Gasteiger charge is 2.27. The zero-order valence-corrected chi connectivity index (χ0v) is 13.4. The molecule has 1 aromatic heterocycles. The van der Waals surface area contributed by atoms with Gasteiger partial charge in [0.25, 0.3) is 5.91 Å². The van der Waals surface area contributed by atoms with Crippen LogP contribution < -0.4 is 5.32 Å². The smallest absolute Gasteiger partial charge is 0.270 e. The number of hydrogen-bond donors (Lipinski definition) is 2. The van der Waals surface area contributed by atoms with E-state index in [0.717, 1.165) is 6.42 Å². The monoisotopic (exact) mass is 288 g/mol. The minimum atomic E-state index is -0.299. The Balaban J connectivity index is 2.76. The van der Waals surface area contributed by atoms with Crippen molar-refractivity contribution in [3.63, 3.8) is 0 Å². The second kappa shape index (κ2) is 6.73. The van der Waals surface area contributed by atoms with E-state index in [1.165, 1.54) is 6.20 Å². The van der Waals surface area contributed by atoms with Gasteiger partial charge in [0.15, 0.2) is 0 Å². The molecule has 1 amide bonds. The maximum Gasteiger partial charge on any atom is 0.270 e. The molecule has 0 fully saturated rings. The Bertz CT molecular complexity index is 543. The molecule has 0 aliphatic rings. The van der Waals surface area contributed by atoms with E-state index in [-0.39, 0.29) is 23.5 Å². The van der Waals surface area contributed by atoms with E-state index in [9.17, 15) is 4.79 Å². The van der Waals surface area contributed by atoms with E-state index in [1.807, 2.05) is 13.8 Å². The first-order chi connectivity index (χ1) is 9.63. The number of carbonyl (C=O) groups is 1. The fourth-order valence-electron chi connectivity index (χ4n) is 2.49. The van der Waals surface area contributed by atoms with Gasteiger partial charge in [-0.2, -0.15) is 0 Å². The second-order valence-corrected chi connectivity index (χ2v) is 6.97. The molecule has 2 N–H and O–H groups in total. The molecule has 0 aliphatic carbocycles. The summed E-state index contributed by atoms with van der Waals surface area (Å²) in [7, 11) is 0. The number of nitrogens with one attached hydrogen (secondary N) is 1. The maximum absolute atomic E-state index is 12.2. The summed E-state index contributed by atoms with van der Waals surface area (Å²) in [6, 6.07) is 3.37. The summed E-state index contributed by atoms with van der Waals surface area (Å²) in [5.41, 5.74) is 0.876. The number of nitrogens with zero attached hydrogens (tertiary/aromatic N) is 1. The number of aromatic nitrogens is 1. The zero-order chi connectivity index (χ0) is 16.1. The van der Waals surface area contributed by atoms with Gasteiger partial charge in [0, 0.05) is 17.3 Å². The normalized spacial score (nSPS) is 11.5. The van der Waals surface area contributed by atoms with Crippen LogP contribution in [0.2, 0.25) is 0 Å². The van der Waals surface area contributed by atoms with E-state index in [1.54, 1.807) is 12.1 Å². The van der Waals surface area contributed by atoms with Crippen LogP contribution in [-0.4, -0.2) is 28.1 Å². The molecule has 1 heterocycles. The van der Waals surface area contributed by atoms with Crippen LogP contribution in [0.15, 0.2) is 18.3 Å². The number of aliphatic hydroxyl groups excluding tert-OH is 1. The van der Waals surface area contributed by atoms with Crippen molar-refractivity contribution in [2.24, 2.45) is 5.41 Å². The minimum absolute atomic E-state index is 0.133. The molecule has 1 aromatic rings. The summed E-state index contributed by atoms with van der Waals surface area (Å²) < 4.78 is 0. The van der Waals surface area contributed by atoms with Crippen LogP contribution in [-0.2, 0) is 0 Å². The highest BCUT2D eigenvalue weighted by molar-refractivity contribution is 5.92. The van der Waals surface area contributed by atoms with Crippen LogP contribution in [0.25, 0.3) is 0 Å². The number of aliphatic hydroxyl groups is 1. The molecule has 0 aromatic carbocycles. The van der Waals surface area contributed by atoms with Crippen LogP contribution in [0.4, 0.5) is 0 Å². The molecule has 4 heteroatoms. The average Bonchev–Trinajstić information content (AvgIpc) is 2.33. The number of rotatable bonds is 3. The molecule has 0 atom stereocenters. The van der Waals surface area contributed by atoms with Crippen LogP contribution in [0.1, 0.15) is 57.1 Å². The molecule has 0 saturated carbocycles. The van der Waals surface area contributed by atoms with Gasteiger partial charge in [-0.25, -0.2) is 4.98 Å². The lowest BCUT2D eigenvalue weighted by Crippen LogP contribution is -2.46. The summed E-state index contributed by atoms with van der Waals surface area (Å²) >= 11 is 0. The van der Waals surface area contributed by atoms with Gasteiger partial charge in [0.1, 0.15) is 12.3 Å². The lowest BCUT2D eigenvalue weighted by molar-refractivity contribution is 0.0886. The van der Waals surface area contributed by atoms with Gasteiger partial charge < -0.3 is 10.4 Å². The molecule has 114 valence electrons. The van der Waals surface area contributed by atoms with Gasteiger partial charge >= 0.3 is 0 Å². The molecule has 0 bridgehead atoms. The summed E-state index contributed by atoms with van der Waals surface area (Å²) in [5, 5.41) is 11.6. The molecule has 4 nitrogen and oxygen atoms in total.